The van der Waals surface area contributed by atoms with Crippen LogP contribution in [0.15, 0.2) is 27.2 Å². The minimum absolute atomic E-state index is 0.244. The van der Waals surface area contributed by atoms with Crippen LogP contribution in [-0.2, 0) is 17.0 Å². The molecule has 3 aromatic heterocycles. The van der Waals surface area contributed by atoms with Gasteiger partial charge in [0.1, 0.15) is 5.76 Å². The Morgan fingerprint density at radius 1 is 1.36 bits per heavy atom. The minimum atomic E-state index is 0.244. The lowest BCUT2D eigenvalue weighted by molar-refractivity contribution is 0.0953. The van der Waals surface area contributed by atoms with Gasteiger partial charge in [-0.1, -0.05) is 23.0 Å². The van der Waals surface area contributed by atoms with Gasteiger partial charge in [0.05, 0.1) is 23.2 Å². The van der Waals surface area contributed by atoms with Crippen LogP contribution in [0.3, 0.4) is 0 Å². The molecule has 1 aliphatic rings. The molecule has 1 atom stereocenters. The molecular formula is C17H20N4O2S2. The number of thioether (sulfide) groups is 1. The number of thiophene rings is 1. The third kappa shape index (κ3) is 3.51. The molecule has 0 unspecified atom stereocenters. The predicted molar refractivity (Wildman–Crippen MR) is 97.8 cm³/mol. The fraction of sp³-hybridized carbons (Fsp3) is 0.471. The van der Waals surface area contributed by atoms with Gasteiger partial charge in [-0.25, -0.2) is 0 Å². The van der Waals surface area contributed by atoms with Crippen LogP contribution in [0.2, 0.25) is 0 Å². The van der Waals surface area contributed by atoms with Crippen molar-refractivity contribution in [2.24, 2.45) is 0 Å². The lowest BCUT2D eigenvalue weighted by Crippen LogP contribution is -2.16. The van der Waals surface area contributed by atoms with Crippen molar-refractivity contribution in [1.82, 2.24) is 19.9 Å². The van der Waals surface area contributed by atoms with Crippen LogP contribution in [0.1, 0.15) is 29.9 Å². The molecule has 0 saturated carbocycles. The number of rotatable bonds is 6. The molecule has 0 amide bonds. The molecule has 1 aliphatic heterocycles. The van der Waals surface area contributed by atoms with Crippen molar-refractivity contribution in [1.29, 1.82) is 0 Å². The lowest BCUT2D eigenvalue weighted by Gasteiger charge is -2.14. The third-order valence-electron chi connectivity index (χ3n) is 4.40. The van der Waals surface area contributed by atoms with E-state index in [9.17, 15) is 0 Å². The van der Waals surface area contributed by atoms with Crippen LogP contribution < -0.4 is 0 Å². The Bertz CT molecular complexity index is 816. The highest BCUT2D eigenvalue weighted by Crippen LogP contribution is 2.31. The minimum Gasteiger partial charge on any atom is -0.376 e. The van der Waals surface area contributed by atoms with Crippen molar-refractivity contribution in [3.8, 4) is 10.7 Å². The molecule has 132 valence electrons. The smallest absolute Gasteiger partial charge is 0.191 e. The van der Waals surface area contributed by atoms with Gasteiger partial charge in [-0.2, -0.15) is 0 Å². The SMILES string of the molecule is Cc1noc(C)c1CSc1nnc(-c2cccs2)n1C[C@H]1CCCO1. The van der Waals surface area contributed by atoms with E-state index >= 15 is 0 Å². The number of aryl methyl sites for hydroxylation is 2. The summed E-state index contributed by atoms with van der Waals surface area (Å²) in [4.78, 5) is 1.13. The van der Waals surface area contributed by atoms with Gasteiger partial charge in [0, 0.05) is 17.9 Å². The van der Waals surface area contributed by atoms with Crippen molar-refractivity contribution < 1.29 is 9.26 Å². The van der Waals surface area contributed by atoms with Crippen molar-refractivity contribution in [3.63, 3.8) is 0 Å². The van der Waals surface area contributed by atoms with Crippen molar-refractivity contribution in [2.45, 2.75) is 50.2 Å². The summed E-state index contributed by atoms with van der Waals surface area (Å²) in [5, 5.41) is 15.9. The molecule has 4 heterocycles. The highest BCUT2D eigenvalue weighted by molar-refractivity contribution is 7.98. The summed E-state index contributed by atoms with van der Waals surface area (Å²) in [7, 11) is 0. The number of ether oxygens (including phenoxy) is 1. The summed E-state index contributed by atoms with van der Waals surface area (Å²) in [5.41, 5.74) is 2.07. The molecule has 3 aromatic rings. The van der Waals surface area contributed by atoms with Gasteiger partial charge in [-0.05, 0) is 38.1 Å². The summed E-state index contributed by atoms with van der Waals surface area (Å²) >= 11 is 3.36. The van der Waals surface area contributed by atoms with Gasteiger partial charge < -0.3 is 9.26 Å². The standard InChI is InChI=1S/C17H20N4O2S2/c1-11-14(12(2)23-20-11)10-25-17-19-18-16(15-6-4-8-24-15)21(17)9-13-5-3-7-22-13/h4,6,8,13H,3,5,7,9-10H2,1-2H3/t13-/m1/s1. The van der Waals surface area contributed by atoms with E-state index in [2.05, 4.69) is 31.4 Å². The number of aromatic nitrogens is 4. The van der Waals surface area contributed by atoms with Gasteiger partial charge in [-0.15, -0.1) is 21.5 Å². The van der Waals surface area contributed by atoms with E-state index in [1.165, 1.54) is 0 Å². The van der Waals surface area contributed by atoms with E-state index in [-0.39, 0.29) is 6.10 Å². The fourth-order valence-electron chi connectivity index (χ4n) is 2.98. The molecule has 1 saturated heterocycles. The molecular weight excluding hydrogens is 356 g/mol. The maximum absolute atomic E-state index is 5.83. The van der Waals surface area contributed by atoms with Crippen LogP contribution in [0, 0.1) is 13.8 Å². The van der Waals surface area contributed by atoms with Crippen LogP contribution in [0.4, 0.5) is 0 Å². The largest absolute Gasteiger partial charge is 0.376 e. The molecule has 0 aliphatic carbocycles. The first kappa shape index (κ1) is 16.8. The normalized spacial score (nSPS) is 17.4. The molecule has 0 spiro atoms. The average Bonchev–Trinajstić information content (AvgIpc) is 3.37. The van der Waals surface area contributed by atoms with Gasteiger partial charge in [0.15, 0.2) is 11.0 Å². The average molecular weight is 377 g/mol. The summed E-state index contributed by atoms with van der Waals surface area (Å²) in [6.45, 7) is 5.57. The van der Waals surface area contributed by atoms with E-state index < -0.39 is 0 Å². The third-order valence-corrected chi connectivity index (χ3v) is 6.25. The zero-order chi connectivity index (χ0) is 17.2. The van der Waals surface area contributed by atoms with Crippen molar-refractivity contribution in [3.05, 3.63) is 34.5 Å². The summed E-state index contributed by atoms with van der Waals surface area (Å²) in [6, 6.07) is 4.13. The maximum atomic E-state index is 5.83. The number of hydrogen-bond donors (Lipinski definition) is 0. The Morgan fingerprint density at radius 3 is 2.96 bits per heavy atom. The molecule has 1 fully saturated rings. The topological polar surface area (TPSA) is 66.0 Å². The highest BCUT2D eigenvalue weighted by Gasteiger charge is 2.22. The first-order valence-corrected chi connectivity index (χ1v) is 10.2. The quantitative estimate of drug-likeness (QED) is 0.604. The number of hydrogen-bond acceptors (Lipinski definition) is 7. The van der Waals surface area contributed by atoms with Crippen LogP contribution in [0.5, 0.6) is 0 Å². The van der Waals surface area contributed by atoms with Crippen LogP contribution >= 0.6 is 23.1 Å². The number of nitrogens with zero attached hydrogens (tertiary/aromatic N) is 4. The van der Waals surface area contributed by atoms with Crippen LogP contribution in [0.25, 0.3) is 10.7 Å². The molecule has 8 heteroatoms. The molecule has 4 rings (SSSR count). The second-order valence-electron chi connectivity index (χ2n) is 6.12. The lowest BCUT2D eigenvalue weighted by atomic mass is 10.2. The van der Waals surface area contributed by atoms with Gasteiger partial charge in [0.25, 0.3) is 0 Å². The zero-order valence-corrected chi connectivity index (χ0v) is 15.9. The Balaban J connectivity index is 1.60. The fourth-order valence-corrected chi connectivity index (χ4v) is 4.80. The van der Waals surface area contributed by atoms with E-state index in [1.54, 1.807) is 23.1 Å². The van der Waals surface area contributed by atoms with Crippen molar-refractivity contribution >= 4 is 23.1 Å². The van der Waals surface area contributed by atoms with Gasteiger partial charge >= 0.3 is 0 Å². The molecule has 0 N–H and O–H groups in total. The van der Waals surface area contributed by atoms with Crippen molar-refractivity contribution in [2.75, 3.05) is 6.61 Å². The Kier molecular flexibility index (Phi) is 4.91. The van der Waals surface area contributed by atoms with E-state index in [0.29, 0.717) is 0 Å². The Hall–Kier alpha value is -1.64. The maximum Gasteiger partial charge on any atom is 0.191 e. The molecule has 0 aromatic carbocycles. The van der Waals surface area contributed by atoms with E-state index in [4.69, 9.17) is 9.26 Å². The Labute approximate surface area is 154 Å². The summed E-state index contributed by atoms with van der Waals surface area (Å²) in [6.07, 6.45) is 2.46. The monoisotopic (exact) mass is 376 g/mol. The molecule has 6 nitrogen and oxygen atoms in total. The second kappa shape index (κ2) is 7.31. The van der Waals surface area contributed by atoms with Crippen LogP contribution in [-0.4, -0.2) is 32.6 Å². The highest BCUT2D eigenvalue weighted by atomic mass is 32.2. The van der Waals surface area contributed by atoms with E-state index in [1.807, 2.05) is 19.9 Å². The van der Waals surface area contributed by atoms with Gasteiger partial charge in [0.2, 0.25) is 0 Å². The zero-order valence-electron chi connectivity index (χ0n) is 14.3. The predicted octanol–water partition coefficient (Wildman–Crippen LogP) is 4.08. The summed E-state index contributed by atoms with van der Waals surface area (Å²) in [5.74, 6) is 2.57. The summed E-state index contributed by atoms with van der Waals surface area (Å²) < 4.78 is 13.3. The second-order valence-corrected chi connectivity index (χ2v) is 8.01. The van der Waals surface area contributed by atoms with Gasteiger partial charge in [-0.3, -0.25) is 4.57 Å². The first-order valence-electron chi connectivity index (χ1n) is 8.35. The first-order chi connectivity index (χ1) is 12.2. The molecule has 0 bridgehead atoms. The Morgan fingerprint density at radius 2 is 2.28 bits per heavy atom. The van der Waals surface area contributed by atoms with E-state index in [0.717, 1.165) is 64.6 Å². The molecule has 0 radical (unpaired) electrons. The molecule has 25 heavy (non-hydrogen) atoms.